The van der Waals surface area contributed by atoms with E-state index in [0.717, 1.165) is 17.5 Å². The number of hydrogen-bond acceptors (Lipinski definition) is 4. The van der Waals surface area contributed by atoms with Crippen molar-refractivity contribution in [2.45, 2.75) is 32.4 Å². The van der Waals surface area contributed by atoms with Crippen LogP contribution >= 0.6 is 0 Å². The summed E-state index contributed by atoms with van der Waals surface area (Å²) in [4.78, 5) is 7.86. The summed E-state index contributed by atoms with van der Waals surface area (Å²) >= 11 is 0. The van der Waals surface area contributed by atoms with Gasteiger partial charge in [-0.1, -0.05) is 13.0 Å². The maximum atomic E-state index is 13.4. The van der Waals surface area contributed by atoms with E-state index in [1.807, 2.05) is 13.0 Å². The zero-order valence-corrected chi connectivity index (χ0v) is 12.5. The highest BCUT2D eigenvalue weighted by Gasteiger charge is 2.40. The number of hydrogen-bond donors (Lipinski definition) is 1. The van der Waals surface area contributed by atoms with Gasteiger partial charge in [0.05, 0.1) is 5.56 Å². The molecule has 3 rings (SSSR count). The van der Waals surface area contributed by atoms with Crippen LogP contribution < -0.4 is 5.73 Å². The third-order valence-electron chi connectivity index (χ3n) is 3.84. The molecule has 1 aliphatic rings. The van der Waals surface area contributed by atoms with Gasteiger partial charge in [-0.2, -0.15) is 23.0 Å². The zero-order valence-electron chi connectivity index (χ0n) is 12.5. The molecule has 8 heteroatoms. The second-order valence-electron chi connectivity index (χ2n) is 5.63. The van der Waals surface area contributed by atoms with E-state index in [1.165, 1.54) is 12.4 Å². The van der Waals surface area contributed by atoms with Gasteiger partial charge in [0.2, 0.25) is 0 Å². The Morgan fingerprint density at radius 3 is 2.57 bits per heavy atom. The molecule has 0 saturated heterocycles. The number of rotatable bonds is 2. The van der Waals surface area contributed by atoms with Crippen molar-refractivity contribution in [2.24, 2.45) is 5.92 Å². The summed E-state index contributed by atoms with van der Waals surface area (Å²) in [6.45, 7) is 1.98. The van der Waals surface area contributed by atoms with E-state index in [4.69, 9.17) is 5.73 Å². The van der Waals surface area contributed by atoms with Crippen LogP contribution in [-0.4, -0.2) is 19.7 Å². The lowest BCUT2D eigenvalue weighted by Crippen LogP contribution is -2.11. The maximum absolute atomic E-state index is 13.4. The molecule has 0 aliphatic heterocycles. The van der Waals surface area contributed by atoms with Crippen molar-refractivity contribution < 1.29 is 13.2 Å². The minimum absolute atomic E-state index is 0.0196. The quantitative estimate of drug-likeness (QED) is 0.919. The van der Waals surface area contributed by atoms with Gasteiger partial charge in [-0.15, -0.1) is 0 Å². The molecule has 0 unspecified atom stereocenters. The maximum Gasteiger partial charge on any atom is 0.435 e. The number of allylic oxidation sites excluding steroid dienone is 2. The van der Waals surface area contributed by atoms with E-state index in [9.17, 15) is 13.2 Å². The number of nitrogen functional groups attached to an aromatic ring is 1. The van der Waals surface area contributed by atoms with Crippen LogP contribution in [0.4, 0.5) is 19.0 Å². The van der Waals surface area contributed by atoms with Crippen molar-refractivity contribution in [2.75, 3.05) is 5.73 Å². The molecular formula is C15H16F3N5. The van der Waals surface area contributed by atoms with Gasteiger partial charge in [-0.25, -0.2) is 9.97 Å². The summed E-state index contributed by atoms with van der Waals surface area (Å²) in [6, 6.07) is 1.57. The molecule has 2 aromatic heterocycles. The zero-order chi connectivity index (χ0) is 16.6. The Hall–Kier alpha value is -2.38. The Kier molecular flexibility index (Phi) is 3.83. The Labute approximate surface area is 131 Å². The number of alkyl halides is 3. The van der Waals surface area contributed by atoms with Crippen molar-refractivity contribution in [1.82, 2.24) is 19.7 Å². The van der Waals surface area contributed by atoms with E-state index in [-0.39, 0.29) is 23.2 Å². The molecule has 2 heterocycles. The van der Waals surface area contributed by atoms with E-state index in [2.05, 4.69) is 15.1 Å². The molecular weight excluding hydrogens is 307 g/mol. The lowest BCUT2D eigenvalue weighted by Gasteiger charge is -2.18. The minimum atomic E-state index is -4.59. The Balaban J connectivity index is 2.20. The molecule has 0 aromatic carbocycles. The number of nitrogens with two attached hydrogens (primary N) is 1. The second-order valence-corrected chi connectivity index (χ2v) is 5.63. The van der Waals surface area contributed by atoms with E-state index >= 15 is 0 Å². The highest BCUT2D eigenvalue weighted by molar-refractivity contribution is 5.77. The molecule has 0 amide bonds. The Bertz CT molecular complexity index is 734. The standard InChI is InChI=1S/C15H16F3N5/c1-9-4-2-5-10(8-9)11-12(15(16,17)18)22-23(13(11)19)14-20-6-3-7-21-14/h3,6-9H,2,4-5,19H2,1H3/t9-/m0/s1. The molecule has 5 nitrogen and oxygen atoms in total. The highest BCUT2D eigenvalue weighted by atomic mass is 19.4. The lowest BCUT2D eigenvalue weighted by atomic mass is 9.88. The molecule has 0 saturated carbocycles. The van der Waals surface area contributed by atoms with E-state index in [0.29, 0.717) is 12.0 Å². The molecule has 0 spiro atoms. The van der Waals surface area contributed by atoms with Crippen LogP contribution in [0.2, 0.25) is 0 Å². The molecule has 0 fully saturated rings. The average molecular weight is 323 g/mol. The van der Waals surface area contributed by atoms with Gasteiger partial charge in [0.15, 0.2) is 5.69 Å². The number of halogens is 3. The van der Waals surface area contributed by atoms with Crippen molar-refractivity contribution in [3.63, 3.8) is 0 Å². The van der Waals surface area contributed by atoms with Gasteiger partial charge in [-0.3, -0.25) is 0 Å². The highest BCUT2D eigenvalue weighted by Crippen LogP contribution is 2.41. The minimum Gasteiger partial charge on any atom is -0.383 e. The molecule has 1 atom stereocenters. The molecule has 1 aliphatic carbocycles. The first-order valence-electron chi connectivity index (χ1n) is 7.32. The Morgan fingerprint density at radius 2 is 1.96 bits per heavy atom. The summed E-state index contributed by atoms with van der Waals surface area (Å²) in [5.74, 6) is 0.158. The largest absolute Gasteiger partial charge is 0.435 e. The van der Waals surface area contributed by atoms with Gasteiger partial charge in [-0.05, 0) is 36.8 Å². The molecule has 0 radical (unpaired) electrons. The molecule has 2 aromatic rings. The van der Waals surface area contributed by atoms with Crippen molar-refractivity contribution in [3.8, 4) is 5.95 Å². The van der Waals surface area contributed by atoms with Crippen LogP contribution in [0, 0.1) is 5.92 Å². The van der Waals surface area contributed by atoms with Crippen LogP contribution in [0.5, 0.6) is 0 Å². The molecule has 23 heavy (non-hydrogen) atoms. The van der Waals surface area contributed by atoms with Gasteiger partial charge >= 0.3 is 6.18 Å². The van der Waals surface area contributed by atoms with Gasteiger partial charge in [0.1, 0.15) is 5.82 Å². The third-order valence-corrected chi connectivity index (χ3v) is 3.84. The first-order chi connectivity index (χ1) is 10.9. The predicted molar refractivity (Wildman–Crippen MR) is 79.6 cm³/mol. The molecule has 0 bridgehead atoms. The fraction of sp³-hybridized carbons (Fsp3) is 0.400. The van der Waals surface area contributed by atoms with Crippen LogP contribution in [0.15, 0.2) is 24.5 Å². The van der Waals surface area contributed by atoms with E-state index < -0.39 is 11.9 Å². The first kappa shape index (κ1) is 15.5. The average Bonchev–Trinajstić information content (AvgIpc) is 2.86. The summed E-state index contributed by atoms with van der Waals surface area (Å²) in [7, 11) is 0. The summed E-state index contributed by atoms with van der Waals surface area (Å²) in [5.41, 5.74) is 5.55. The first-order valence-corrected chi connectivity index (χ1v) is 7.32. The van der Waals surface area contributed by atoms with E-state index in [1.54, 1.807) is 6.07 Å². The summed E-state index contributed by atoms with van der Waals surface area (Å²) in [6.07, 6.45) is 2.46. The van der Waals surface area contributed by atoms with Gasteiger partial charge in [0, 0.05) is 12.4 Å². The smallest absolute Gasteiger partial charge is 0.383 e. The van der Waals surface area contributed by atoms with Gasteiger partial charge in [0.25, 0.3) is 5.95 Å². The van der Waals surface area contributed by atoms with Gasteiger partial charge < -0.3 is 5.73 Å². The SMILES string of the molecule is C[C@@H]1C=C(c2c(C(F)(F)F)nn(-c3ncccn3)c2N)CCC1. The fourth-order valence-electron chi connectivity index (χ4n) is 2.83. The van der Waals surface area contributed by atoms with Crippen LogP contribution in [0.25, 0.3) is 11.5 Å². The Morgan fingerprint density at radius 1 is 1.26 bits per heavy atom. The number of nitrogens with zero attached hydrogens (tertiary/aromatic N) is 4. The normalized spacial score (nSPS) is 18.8. The predicted octanol–water partition coefficient (Wildman–Crippen LogP) is 3.47. The number of anilines is 1. The van der Waals surface area contributed by atoms with Crippen molar-refractivity contribution >= 4 is 11.4 Å². The topological polar surface area (TPSA) is 69.6 Å². The van der Waals surface area contributed by atoms with Crippen molar-refractivity contribution in [1.29, 1.82) is 0 Å². The second kappa shape index (κ2) is 5.68. The molecule has 2 N–H and O–H groups in total. The summed E-state index contributed by atoms with van der Waals surface area (Å²) < 4.78 is 41.2. The summed E-state index contributed by atoms with van der Waals surface area (Å²) in [5, 5.41) is 3.65. The molecule has 122 valence electrons. The lowest BCUT2D eigenvalue weighted by molar-refractivity contribution is -0.141. The van der Waals surface area contributed by atoms with Crippen LogP contribution in [0.1, 0.15) is 37.4 Å². The van der Waals surface area contributed by atoms with Crippen LogP contribution in [-0.2, 0) is 6.18 Å². The third kappa shape index (κ3) is 2.93. The number of aromatic nitrogens is 4. The van der Waals surface area contributed by atoms with Crippen molar-refractivity contribution in [3.05, 3.63) is 35.8 Å². The van der Waals surface area contributed by atoms with Crippen LogP contribution in [0.3, 0.4) is 0 Å². The monoisotopic (exact) mass is 323 g/mol. The fourth-order valence-corrected chi connectivity index (χ4v) is 2.83.